The van der Waals surface area contributed by atoms with Crippen molar-refractivity contribution in [2.24, 2.45) is 0 Å². The molecule has 118 valence electrons. The molecule has 0 atom stereocenters. The molecule has 1 heterocycles. The van der Waals surface area contributed by atoms with Gasteiger partial charge in [0.25, 0.3) is 0 Å². The molecular weight excluding hydrogens is 284 g/mol. The van der Waals surface area contributed by atoms with Crippen LogP contribution in [0.5, 0.6) is 11.5 Å². The Labute approximate surface area is 129 Å². The number of nitrogens with zero attached hydrogens (tertiary/aromatic N) is 1. The molecule has 22 heavy (non-hydrogen) atoms. The molecular formula is C16H20N2O4. The van der Waals surface area contributed by atoms with E-state index < -0.39 is 0 Å². The summed E-state index contributed by atoms with van der Waals surface area (Å²) in [7, 11) is 3.18. The number of carbonyl (C=O) groups excluding carboxylic acids is 1. The molecule has 6 heteroatoms. The maximum Gasteiger partial charge on any atom is 0.307 e. The lowest BCUT2D eigenvalue weighted by Crippen LogP contribution is -2.11. The smallest absolute Gasteiger partial charge is 0.307 e. The maximum absolute atomic E-state index is 11.4. The van der Waals surface area contributed by atoms with Gasteiger partial charge >= 0.3 is 5.97 Å². The van der Waals surface area contributed by atoms with Crippen LogP contribution in [0.4, 0.5) is 5.69 Å². The third-order valence-electron chi connectivity index (χ3n) is 3.20. The summed E-state index contributed by atoms with van der Waals surface area (Å²) >= 11 is 0. The van der Waals surface area contributed by atoms with Gasteiger partial charge in [0.15, 0.2) is 11.5 Å². The quantitative estimate of drug-likeness (QED) is 0.793. The highest BCUT2D eigenvalue weighted by Gasteiger charge is 2.10. The summed E-state index contributed by atoms with van der Waals surface area (Å²) < 4.78 is 15.5. The molecule has 0 unspecified atom stereocenters. The summed E-state index contributed by atoms with van der Waals surface area (Å²) in [5.74, 6) is 1.05. The average Bonchev–Trinajstić information content (AvgIpc) is 2.54. The first-order valence-electron chi connectivity index (χ1n) is 7.09. The first-order valence-corrected chi connectivity index (χ1v) is 7.09. The van der Waals surface area contributed by atoms with E-state index in [0.29, 0.717) is 31.1 Å². The Kier molecular flexibility index (Phi) is 5.41. The van der Waals surface area contributed by atoms with Gasteiger partial charge in [0.05, 0.1) is 32.8 Å². The van der Waals surface area contributed by atoms with Crippen LogP contribution < -0.4 is 14.8 Å². The van der Waals surface area contributed by atoms with Crippen molar-refractivity contribution in [3.63, 3.8) is 0 Å². The molecule has 2 aromatic rings. The van der Waals surface area contributed by atoms with Crippen LogP contribution in [0.2, 0.25) is 0 Å². The summed E-state index contributed by atoms with van der Waals surface area (Å²) in [6.07, 6.45) is 2.02. The Morgan fingerprint density at radius 1 is 1.23 bits per heavy atom. The first kappa shape index (κ1) is 15.9. The molecule has 0 saturated heterocycles. The van der Waals surface area contributed by atoms with E-state index in [0.717, 1.165) is 16.6 Å². The Morgan fingerprint density at radius 3 is 2.64 bits per heavy atom. The zero-order valence-corrected chi connectivity index (χ0v) is 13.0. The fourth-order valence-corrected chi connectivity index (χ4v) is 2.16. The molecule has 0 radical (unpaired) electrons. The summed E-state index contributed by atoms with van der Waals surface area (Å²) in [6.45, 7) is 2.68. The molecule has 6 nitrogen and oxygen atoms in total. The van der Waals surface area contributed by atoms with Gasteiger partial charge in [0.1, 0.15) is 0 Å². The number of hydrogen-bond donors (Lipinski definition) is 1. The van der Waals surface area contributed by atoms with Crippen molar-refractivity contribution < 1.29 is 19.0 Å². The largest absolute Gasteiger partial charge is 0.493 e. The summed E-state index contributed by atoms with van der Waals surface area (Å²) in [5.41, 5.74) is 1.68. The number of pyridine rings is 1. The van der Waals surface area contributed by atoms with E-state index in [1.807, 2.05) is 18.2 Å². The van der Waals surface area contributed by atoms with Crippen molar-refractivity contribution in [2.45, 2.75) is 13.3 Å². The second kappa shape index (κ2) is 7.49. The van der Waals surface area contributed by atoms with E-state index in [9.17, 15) is 4.79 Å². The Balaban J connectivity index is 2.21. The van der Waals surface area contributed by atoms with Crippen LogP contribution in [-0.4, -0.2) is 38.3 Å². The number of esters is 1. The van der Waals surface area contributed by atoms with Crippen molar-refractivity contribution in [2.75, 3.05) is 32.7 Å². The zero-order chi connectivity index (χ0) is 15.9. The van der Waals surface area contributed by atoms with Crippen molar-refractivity contribution in [3.05, 3.63) is 24.4 Å². The predicted molar refractivity (Wildman–Crippen MR) is 84.6 cm³/mol. The molecule has 0 aliphatic rings. The average molecular weight is 304 g/mol. The molecule has 1 aromatic heterocycles. The first-order chi connectivity index (χ1) is 10.7. The standard InChI is InChI=1S/C16H20N2O4/c1-4-22-16(19)6-8-17-12-5-7-18-13-10-15(21-3)14(20-2)9-11(12)13/h5,7,9-10H,4,6,8H2,1-3H3,(H,17,18). The number of hydrogen-bond acceptors (Lipinski definition) is 6. The summed E-state index contributed by atoms with van der Waals surface area (Å²) in [6, 6.07) is 5.55. The Morgan fingerprint density at radius 2 is 1.95 bits per heavy atom. The number of nitrogens with one attached hydrogen (secondary N) is 1. The maximum atomic E-state index is 11.4. The number of benzene rings is 1. The number of anilines is 1. The van der Waals surface area contributed by atoms with Gasteiger partial charge in [-0.1, -0.05) is 0 Å². The number of rotatable bonds is 7. The zero-order valence-electron chi connectivity index (χ0n) is 13.0. The number of carbonyl (C=O) groups is 1. The minimum absolute atomic E-state index is 0.215. The van der Waals surface area contributed by atoms with Crippen LogP contribution in [-0.2, 0) is 9.53 Å². The minimum atomic E-state index is -0.215. The third kappa shape index (κ3) is 3.58. The Hall–Kier alpha value is -2.50. The van der Waals surface area contributed by atoms with E-state index in [-0.39, 0.29) is 5.97 Å². The predicted octanol–water partition coefficient (Wildman–Crippen LogP) is 2.62. The summed E-state index contributed by atoms with van der Waals surface area (Å²) in [5, 5.41) is 4.14. The Bertz CT molecular complexity index is 658. The van der Waals surface area contributed by atoms with Gasteiger partial charge < -0.3 is 19.5 Å². The summed E-state index contributed by atoms with van der Waals surface area (Å²) in [4.78, 5) is 15.7. The van der Waals surface area contributed by atoms with Gasteiger partial charge in [-0.05, 0) is 19.1 Å². The van der Waals surface area contributed by atoms with Crippen molar-refractivity contribution in [1.82, 2.24) is 4.98 Å². The number of fused-ring (bicyclic) bond motifs is 1. The van der Waals surface area contributed by atoms with Crippen molar-refractivity contribution >= 4 is 22.6 Å². The van der Waals surface area contributed by atoms with E-state index in [1.165, 1.54) is 0 Å². The molecule has 0 aliphatic heterocycles. The van der Waals surface area contributed by atoms with Crippen molar-refractivity contribution in [1.29, 1.82) is 0 Å². The second-order valence-electron chi connectivity index (χ2n) is 4.56. The van der Waals surface area contributed by atoms with Crippen LogP contribution in [0.15, 0.2) is 24.4 Å². The normalized spacial score (nSPS) is 10.3. The topological polar surface area (TPSA) is 69.7 Å². The van der Waals surface area contributed by atoms with Gasteiger partial charge in [-0.3, -0.25) is 9.78 Å². The highest BCUT2D eigenvalue weighted by atomic mass is 16.5. The fraction of sp³-hybridized carbons (Fsp3) is 0.375. The van der Waals surface area contributed by atoms with Crippen LogP contribution in [0.3, 0.4) is 0 Å². The monoisotopic (exact) mass is 304 g/mol. The van der Waals surface area contributed by atoms with Gasteiger partial charge in [0, 0.05) is 29.9 Å². The van der Waals surface area contributed by atoms with Gasteiger partial charge in [0.2, 0.25) is 0 Å². The lowest BCUT2D eigenvalue weighted by molar-refractivity contribution is -0.142. The molecule has 0 bridgehead atoms. The lowest BCUT2D eigenvalue weighted by atomic mass is 10.1. The fourth-order valence-electron chi connectivity index (χ4n) is 2.16. The van der Waals surface area contributed by atoms with Gasteiger partial charge in [-0.2, -0.15) is 0 Å². The van der Waals surface area contributed by atoms with E-state index in [1.54, 1.807) is 27.3 Å². The minimum Gasteiger partial charge on any atom is -0.493 e. The highest BCUT2D eigenvalue weighted by Crippen LogP contribution is 2.34. The van der Waals surface area contributed by atoms with E-state index in [2.05, 4.69) is 10.3 Å². The number of methoxy groups -OCH3 is 2. The molecule has 0 aliphatic carbocycles. The number of aromatic nitrogens is 1. The van der Waals surface area contributed by atoms with E-state index in [4.69, 9.17) is 14.2 Å². The molecule has 2 rings (SSSR count). The molecule has 1 N–H and O–H groups in total. The van der Waals surface area contributed by atoms with E-state index >= 15 is 0 Å². The SMILES string of the molecule is CCOC(=O)CCNc1ccnc2cc(OC)c(OC)cc12. The van der Waals surface area contributed by atoms with Crippen LogP contribution in [0.25, 0.3) is 10.9 Å². The molecule has 0 fully saturated rings. The molecule has 0 spiro atoms. The van der Waals surface area contributed by atoms with Crippen molar-refractivity contribution in [3.8, 4) is 11.5 Å². The lowest BCUT2D eigenvalue weighted by Gasteiger charge is -2.12. The van der Waals surface area contributed by atoms with Crippen LogP contribution in [0, 0.1) is 0 Å². The van der Waals surface area contributed by atoms with Crippen LogP contribution >= 0.6 is 0 Å². The third-order valence-corrected chi connectivity index (χ3v) is 3.20. The van der Waals surface area contributed by atoms with Gasteiger partial charge in [-0.15, -0.1) is 0 Å². The second-order valence-corrected chi connectivity index (χ2v) is 4.56. The van der Waals surface area contributed by atoms with Crippen LogP contribution in [0.1, 0.15) is 13.3 Å². The van der Waals surface area contributed by atoms with Gasteiger partial charge in [-0.25, -0.2) is 0 Å². The molecule has 1 aromatic carbocycles. The molecule has 0 saturated carbocycles. The molecule has 0 amide bonds. The number of ether oxygens (including phenoxy) is 3. The highest BCUT2D eigenvalue weighted by molar-refractivity contribution is 5.93.